The summed E-state index contributed by atoms with van der Waals surface area (Å²) in [4.78, 5) is 78.3. The van der Waals surface area contributed by atoms with Gasteiger partial charge in [-0.2, -0.15) is 0 Å². The third-order valence-electron chi connectivity index (χ3n) is 4.95. The lowest BCUT2D eigenvalue weighted by molar-refractivity contribution is -0.384. The number of nitrogens with zero attached hydrogens (tertiary/aromatic N) is 7. The Morgan fingerprint density at radius 2 is 1.36 bits per heavy atom. The van der Waals surface area contributed by atoms with Crippen LogP contribution in [0.1, 0.15) is 31.5 Å². The van der Waals surface area contributed by atoms with Crippen LogP contribution in [0, 0.1) is 10.1 Å². The average molecular weight is 626 g/mol. The lowest BCUT2D eigenvalue weighted by Gasteiger charge is -2.10. The predicted molar refractivity (Wildman–Crippen MR) is 155 cm³/mol. The molecule has 0 aliphatic rings. The molecule has 0 bridgehead atoms. The second-order valence-electron chi connectivity index (χ2n) is 7.96. The van der Waals surface area contributed by atoms with Crippen molar-refractivity contribution in [2.24, 2.45) is 23.0 Å². The molecule has 4 rings (SSSR count). The minimum Gasteiger partial charge on any atom is -0.410 e. The molecule has 24 heteroatoms. The second-order valence-corrected chi connectivity index (χ2v) is 7.96. The molecular weight excluding hydrogens is 601 g/mol. The molecule has 4 amide bonds. The van der Waals surface area contributed by atoms with Crippen LogP contribution < -0.4 is 45.0 Å². The fraction of sp³-hybridized carbons (Fsp3) is 0.0476. The first-order chi connectivity index (χ1) is 20.6. The highest BCUT2D eigenvalue weighted by Gasteiger charge is 2.19. The number of non-ortho nitro benzene ring substituents is 1. The van der Waals surface area contributed by atoms with E-state index in [1.165, 1.54) is 37.6 Å². The molecule has 0 aliphatic heterocycles. The first-order valence-corrected chi connectivity index (χ1v) is 11.4. The van der Waals surface area contributed by atoms with Crippen LogP contribution in [0.5, 0.6) is 5.75 Å². The van der Waals surface area contributed by atoms with Crippen LogP contribution >= 0.6 is 0 Å². The number of anilines is 3. The number of rotatable bonds is 5. The van der Waals surface area contributed by atoms with Crippen LogP contribution in [0.25, 0.3) is 0 Å². The number of H-pyrrole nitrogens is 1. The molecule has 3 radical (unpaired) electrons. The van der Waals surface area contributed by atoms with Gasteiger partial charge in [-0.05, 0) is 12.1 Å². The minimum absolute atomic E-state index is 0. The van der Waals surface area contributed by atoms with Gasteiger partial charge in [-0.15, -0.1) is 0 Å². The summed E-state index contributed by atoms with van der Waals surface area (Å²) in [6, 6.07) is 4.24. The van der Waals surface area contributed by atoms with Gasteiger partial charge >= 0.3 is 12.1 Å². The third kappa shape index (κ3) is 9.00. The van der Waals surface area contributed by atoms with Crippen LogP contribution in [-0.4, -0.2) is 84.3 Å². The van der Waals surface area contributed by atoms with Gasteiger partial charge in [0.25, 0.3) is 23.4 Å². The van der Waals surface area contributed by atoms with E-state index in [9.17, 15) is 34.1 Å². The normalized spacial score (nSPS) is 9.64. The number of nitro benzene ring substituents is 1. The van der Waals surface area contributed by atoms with Crippen molar-refractivity contribution in [1.82, 2.24) is 34.1 Å². The number of nitrogens with two attached hydrogens (primary N) is 7. The minimum atomic E-state index is -0.929. The first kappa shape index (κ1) is 36.1. The summed E-state index contributed by atoms with van der Waals surface area (Å²) in [7, 11) is 1.34. The lowest BCUT2D eigenvalue weighted by Crippen LogP contribution is -2.37. The predicted octanol–water partition coefficient (Wildman–Crippen LogP) is -2.43. The molecule has 45 heavy (non-hydrogen) atoms. The van der Waals surface area contributed by atoms with Crippen LogP contribution in [0.4, 0.5) is 32.7 Å². The average Bonchev–Trinajstić information content (AvgIpc) is 3.67. The van der Waals surface area contributed by atoms with Crippen molar-refractivity contribution in [3.05, 3.63) is 70.4 Å². The molecule has 15 N–H and O–H groups in total. The quantitative estimate of drug-likeness (QED) is 0.0375. The zero-order valence-corrected chi connectivity index (χ0v) is 23.1. The number of carbonyl (C=O) groups is 5. The number of hydrogen-bond acceptors (Lipinski definition) is 15. The standard InChI is InChI=1S/C11H9N5O5.C6H10N6O2.C4H6N4O.B/c12-9-8(10(13)17)14-5-15(9)11(18)21-7-3-1-6(2-4-7)16(19)20;1-11(9)6(14)12-2-10-3(4(12)7)5(8)13;5-3-2(4(6)9)7-1-8-3;/h1-5H,12H2,(H2,13,17);2H,7,9H2,1H3,(H2,8,13);1H,5H2,(H2,6,9)(H,7,8);. The van der Waals surface area contributed by atoms with E-state index in [0.717, 1.165) is 26.8 Å². The Balaban J connectivity index is 0.000000364. The van der Waals surface area contributed by atoms with Crippen LogP contribution in [-0.2, 0) is 0 Å². The Morgan fingerprint density at radius 1 is 0.867 bits per heavy atom. The van der Waals surface area contributed by atoms with Gasteiger partial charge in [0.15, 0.2) is 17.2 Å². The van der Waals surface area contributed by atoms with E-state index in [0.29, 0.717) is 0 Å². The summed E-state index contributed by atoms with van der Waals surface area (Å²) in [5.74, 6) is 2.75. The number of hydrazine groups is 1. The first-order valence-electron chi connectivity index (χ1n) is 11.4. The fourth-order valence-electron chi connectivity index (χ4n) is 2.85. The number of benzene rings is 1. The summed E-state index contributed by atoms with van der Waals surface area (Å²) in [6.45, 7) is 0. The molecule has 23 nitrogen and oxygen atoms in total. The topological polar surface area (TPSA) is 387 Å². The number of ether oxygens (including phenoxy) is 1. The van der Waals surface area contributed by atoms with Gasteiger partial charge < -0.3 is 44.1 Å². The highest BCUT2D eigenvalue weighted by molar-refractivity contribution is 5.98. The van der Waals surface area contributed by atoms with Crippen molar-refractivity contribution in [3.8, 4) is 5.75 Å². The summed E-state index contributed by atoms with van der Waals surface area (Å²) in [5, 5.41) is 11.3. The number of nitro groups is 1. The van der Waals surface area contributed by atoms with Crippen LogP contribution in [0.3, 0.4) is 0 Å². The second kappa shape index (κ2) is 15.3. The van der Waals surface area contributed by atoms with Crippen LogP contribution in [0.15, 0.2) is 43.2 Å². The monoisotopic (exact) mass is 626 g/mol. The smallest absolute Gasteiger partial charge is 0.410 e. The molecule has 0 atom stereocenters. The third-order valence-corrected chi connectivity index (χ3v) is 4.95. The molecule has 0 saturated heterocycles. The number of aromatic nitrogens is 6. The molecule has 3 heterocycles. The largest absolute Gasteiger partial charge is 0.426 e. The molecule has 0 unspecified atom stereocenters. The number of nitrogens with one attached hydrogen (secondary N) is 1. The summed E-state index contributed by atoms with van der Waals surface area (Å²) in [5.41, 5.74) is 30.6. The Bertz CT molecular complexity index is 1710. The van der Waals surface area contributed by atoms with Gasteiger partial charge in [-0.1, -0.05) is 0 Å². The highest BCUT2D eigenvalue weighted by Crippen LogP contribution is 2.19. The van der Waals surface area contributed by atoms with E-state index in [4.69, 9.17) is 45.0 Å². The van der Waals surface area contributed by atoms with Crippen molar-refractivity contribution in [2.75, 3.05) is 24.2 Å². The molecule has 4 aromatic rings. The van der Waals surface area contributed by atoms with Gasteiger partial charge in [-0.3, -0.25) is 29.5 Å². The number of nitrogen functional groups attached to an aromatic ring is 3. The Morgan fingerprint density at radius 3 is 1.71 bits per heavy atom. The van der Waals surface area contributed by atoms with E-state index >= 15 is 0 Å². The van der Waals surface area contributed by atoms with Gasteiger partial charge in [0, 0.05) is 27.6 Å². The molecule has 1 aromatic carbocycles. The van der Waals surface area contributed by atoms with E-state index in [-0.39, 0.29) is 54.4 Å². The number of hydrogen-bond donors (Lipinski definition) is 8. The van der Waals surface area contributed by atoms with Crippen molar-refractivity contribution in [3.63, 3.8) is 0 Å². The lowest BCUT2D eigenvalue weighted by atomic mass is 10.3. The molecular formula is C21H25BN15O8. The molecule has 0 spiro atoms. The molecule has 0 saturated carbocycles. The number of imidazole rings is 3. The van der Waals surface area contributed by atoms with Crippen molar-refractivity contribution in [2.45, 2.75) is 0 Å². The molecule has 0 aliphatic carbocycles. The van der Waals surface area contributed by atoms with E-state index in [1.807, 2.05) is 0 Å². The maximum Gasteiger partial charge on any atom is 0.426 e. The Hall–Kier alpha value is -6.98. The maximum absolute atomic E-state index is 11.8. The Labute approximate surface area is 253 Å². The summed E-state index contributed by atoms with van der Waals surface area (Å²) < 4.78 is 6.66. The molecule has 0 fully saturated rings. The highest BCUT2D eigenvalue weighted by atomic mass is 16.6. The van der Waals surface area contributed by atoms with Gasteiger partial charge in [0.05, 0.1) is 11.3 Å². The fourth-order valence-corrected chi connectivity index (χ4v) is 2.85. The van der Waals surface area contributed by atoms with Gasteiger partial charge in [0.2, 0.25) is 0 Å². The number of carbonyl (C=O) groups excluding carboxylic acids is 5. The van der Waals surface area contributed by atoms with Crippen molar-refractivity contribution in [1.29, 1.82) is 0 Å². The zero-order chi connectivity index (χ0) is 33.3. The van der Waals surface area contributed by atoms with Crippen LogP contribution in [0.2, 0.25) is 0 Å². The van der Waals surface area contributed by atoms with Gasteiger partial charge in [0.1, 0.15) is 35.7 Å². The summed E-state index contributed by atoms with van der Waals surface area (Å²) in [6.07, 6.45) is 2.46. The molecule has 3 aromatic heterocycles. The van der Waals surface area contributed by atoms with Crippen molar-refractivity contribution < 1.29 is 33.6 Å². The number of aromatic amines is 1. The SMILES string of the molecule is CN(N)C(=O)n1cnc(C(N)=O)c1N.NC(=O)c1[nH]cnc1N.NC(=O)c1ncn(C(=O)Oc2ccc([N+](=O)[O-])cc2)c1N.[B]. The van der Waals surface area contributed by atoms with E-state index in [1.54, 1.807) is 0 Å². The zero-order valence-electron chi connectivity index (χ0n) is 23.1. The number of primary amides is 3. The molecule has 235 valence electrons. The number of amides is 4. The Kier molecular flexibility index (Phi) is 12.3. The van der Waals surface area contributed by atoms with Crippen molar-refractivity contribution >= 4 is 61.4 Å². The summed E-state index contributed by atoms with van der Waals surface area (Å²) >= 11 is 0. The van der Waals surface area contributed by atoms with E-state index < -0.39 is 34.8 Å². The van der Waals surface area contributed by atoms with E-state index in [2.05, 4.69) is 19.9 Å². The maximum atomic E-state index is 11.8. The van der Waals surface area contributed by atoms with Gasteiger partial charge in [-0.25, -0.2) is 39.5 Å².